The molecular formula is C18H33N3O. The number of ketones is 1. The lowest BCUT2D eigenvalue weighted by molar-refractivity contribution is -0.133. The molecule has 0 aliphatic carbocycles. The molecule has 22 heavy (non-hydrogen) atoms. The highest BCUT2D eigenvalue weighted by molar-refractivity contribution is 5.89. The van der Waals surface area contributed by atoms with E-state index in [2.05, 4.69) is 57.1 Å². The second-order valence-corrected chi connectivity index (χ2v) is 9.48. The van der Waals surface area contributed by atoms with E-state index in [-0.39, 0.29) is 17.0 Å². The molecule has 0 spiro atoms. The van der Waals surface area contributed by atoms with Crippen molar-refractivity contribution in [2.75, 3.05) is 13.1 Å². The van der Waals surface area contributed by atoms with Gasteiger partial charge < -0.3 is 5.32 Å². The standard InChI is InChI=1S/C18H33N3O/c1-17(2,3)15(22)14-9-12-11-7-8-19-10-13(11)20-16(12)21(14)18(4,5)6/h11-14,16,19-20H,7-10H2,1-6H3. The Kier molecular flexibility index (Phi) is 3.94. The predicted molar refractivity (Wildman–Crippen MR) is 89.6 cm³/mol. The van der Waals surface area contributed by atoms with Gasteiger partial charge in [0.15, 0.2) is 5.78 Å². The molecule has 4 heteroatoms. The first-order valence-corrected chi connectivity index (χ1v) is 8.90. The first-order valence-electron chi connectivity index (χ1n) is 8.90. The van der Waals surface area contributed by atoms with E-state index >= 15 is 0 Å². The van der Waals surface area contributed by atoms with Crippen LogP contribution in [0, 0.1) is 17.3 Å². The summed E-state index contributed by atoms with van der Waals surface area (Å²) in [6, 6.07) is 0.651. The minimum Gasteiger partial charge on any atom is -0.315 e. The monoisotopic (exact) mass is 307 g/mol. The van der Waals surface area contributed by atoms with Crippen LogP contribution in [-0.2, 0) is 4.79 Å². The Balaban J connectivity index is 1.89. The van der Waals surface area contributed by atoms with Crippen LogP contribution in [0.25, 0.3) is 0 Å². The summed E-state index contributed by atoms with van der Waals surface area (Å²) in [5.41, 5.74) is -0.251. The lowest BCUT2D eigenvalue weighted by Gasteiger charge is -2.42. The molecule has 3 fully saturated rings. The highest BCUT2D eigenvalue weighted by atomic mass is 16.1. The lowest BCUT2D eigenvalue weighted by Crippen LogP contribution is -2.58. The highest BCUT2D eigenvalue weighted by Crippen LogP contribution is 2.46. The van der Waals surface area contributed by atoms with E-state index in [9.17, 15) is 4.79 Å². The van der Waals surface area contributed by atoms with Gasteiger partial charge in [0.05, 0.1) is 12.2 Å². The molecule has 0 radical (unpaired) electrons. The molecule has 5 unspecified atom stereocenters. The van der Waals surface area contributed by atoms with Crippen molar-refractivity contribution < 1.29 is 4.79 Å². The van der Waals surface area contributed by atoms with Gasteiger partial charge in [-0.25, -0.2) is 0 Å². The van der Waals surface area contributed by atoms with Crippen molar-refractivity contribution in [2.45, 2.75) is 78.2 Å². The maximum Gasteiger partial charge on any atom is 0.155 e. The molecule has 3 rings (SSSR count). The number of fused-ring (bicyclic) bond motifs is 3. The highest BCUT2D eigenvalue weighted by Gasteiger charge is 2.57. The van der Waals surface area contributed by atoms with Crippen LogP contribution in [0.3, 0.4) is 0 Å². The van der Waals surface area contributed by atoms with Gasteiger partial charge >= 0.3 is 0 Å². The fraction of sp³-hybridized carbons (Fsp3) is 0.944. The van der Waals surface area contributed by atoms with E-state index in [1.54, 1.807) is 0 Å². The van der Waals surface area contributed by atoms with Gasteiger partial charge in [-0.3, -0.25) is 15.0 Å². The van der Waals surface area contributed by atoms with Crippen molar-refractivity contribution in [2.24, 2.45) is 17.3 Å². The Morgan fingerprint density at radius 2 is 1.77 bits per heavy atom. The minimum atomic E-state index is -0.264. The molecule has 3 heterocycles. The van der Waals surface area contributed by atoms with E-state index in [0.29, 0.717) is 23.9 Å². The quantitative estimate of drug-likeness (QED) is 0.778. The number of hydrogen-bond acceptors (Lipinski definition) is 4. The van der Waals surface area contributed by atoms with E-state index in [0.717, 1.165) is 25.4 Å². The molecule has 0 aromatic heterocycles. The maximum absolute atomic E-state index is 13.0. The topological polar surface area (TPSA) is 44.4 Å². The van der Waals surface area contributed by atoms with Gasteiger partial charge in [-0.1, -0.05) is 20.8 Å². The number of likely N-dealkylation sites (tertiary alicyclic amines) is 1. The number of rotatable bonds is 1. The number of carbonyl (C=O) groups excluding carboxylic acids is 1. The minimum absolute atomic E-state index is 0.0128. The second-order valence-electron chi connectivity index (χ2n) is 9.48. The largest absolute Gasteiger partial charge is 0.315 e. The Bertz CT molecular complexity index is 448. The fourth-order valence-corrected chi connectivity index (χ4v) is 4.92. The summed E-state index contributed by atoms with van der Waals surface area (Å²) in [4.78, 5) is 15.5. The van der Waals surface area contributed by atoms with Crippen LogP contribution in [0.1, 0.15) is 54.4 Å². The third-order valence-electron chi connectivity index (χ3n) is 5.82. The number of nitrogens with one attached hydrogen (secondary N) is 2. The number of nitrogens with zero attached hydrogens (tertiary/aromatic N) is 1. The molecule has 4 nitrogen and oxygen atoms in total. The molecule has 5 atom stereocenters. The molecule has 3 saturated heterocycles. The SMILES string of the molecule is CC(C)(C)C(=O)C1CC2C3CCNCC3NC2N1C(C)(C)C. The Morgan fingerprint density at radius 1 is 1.09 bits per heavy atom. The van der Waals surface area contributed by atoms with Crippen LogP contribution in [0.5, 0.6) is 0 Å². The summed E-state index contributed by atoms with van der Waals surface area (Å²) in [6.45, 7) is 15.1. The molecule has 3 aliphatic rings. The van der Waals surface area contributed by atoms with Crippen LogP contribution in [0.4, 0.5) is 0 Å². The first-order chi connectivity index (χ1) is 10.1. The molecule has 2 N–H and O–H groups in total. The van der Waals surface area contributed by atoms with Crippen LogP contribution < -0.4 is 10.6 Å². The van der Waals surface area contributed by atoms with Crippen LogP contribution in [0.15, 0.2) is 0 Å². The van der Waals surface area contributed by atoms with Crippen molar-refractivity contribution in [3.05, 3.63) is 0 Å². The van der Waals surface area contributed by atoms with Gasteiger partial charge in [0, 0.05) is 23.5 Å². The first kappa shape index (κ1) is 16.4. The maximum atomic E-state index is 13.0. The molecular weight excluding hydrogens is 274 g/mol. The number of Topliss-reactive ketones (excluding diaryl/α,β-unsaturated/α-hetero) is 1. The zero-order valence-corrected chi connectivity index (χ0v) is 15.1. The summed E-state index contributed by atoms with van der Waals surface area (Å²) in [6.07, 6.45) is 2.64. The van der Waals surface area contributed by atoms with Crippen molar-refractivity contribution in [3.63, 3.8) is 0 Å². The molecule has 0 aromatic carbocycles. The molecule has 126 valence electrons. The molecule has 0 aromatic rings. The van der Waals surface area contributed by atoms with Crippen LogP contribution in [-0.4, -0.2) is 47.6 Å². The third-order valence-corrected chi connectivity index (χ3v) is 5.82. The van der Waals surface area contributed by atoms with Crippen molar-refractivity contribution in [1.29, 1.82) is 0 Å². The van der Waals surface area contributed by atoms with Crippen molar-refractivity contribution in [1.82, 2.24) is 15.5 Å². The van der Waals surface area contributed by atoms with Crippen LogP contribution >= 0.6 is 0 Å². The van der Waals surface area contributed by atoms with Gasteiger partial charge in [0.1, 0.15) is 0 Å². The molecule has 0 amide bonds. The zero-order chi connectivity index (χ0) is 16.3. The van der Waals surface area contributed by atoms with Gasteiger partial charge in [-0.15, -0.1) is 0 Å². The average Bonchev–Trinajstić information content (AvgIpc) is 2.90. The van der Waals surface area contributed by atoms with E-state index in [1.165, 1.54) is 6.42 Å². The van der Waals surface area contributed by atoms with E-state index < -0.39 is 0 Å². The summed E-state index contributed by atoms with van der Waals surface area (Å²) >= 11 is 0. The molecule has 3 aliphatic heterocycles. The van der Waals surface area contributed by atoms with Crippen LogP contribution in [0.2, 0.25) is 0 Å². The van der Waals surface area contributed by atoms with Crippen molar-refractivity contribution in [3.8, 4) is 0 Å². The van der Waals surface area contributed by atoms with E-state index in [4.69, 9.17) is 0 Å². The fourth-order valence-electron chi connectivity index (χ4n) is 4.92. The Morgan fingerprint density at radius 3 is 2.36 bits per heavy atom. The van der Waals surface area contributed by atoms with Gasteiger partial charge in [0.25, 0.3) is 0 Å². The van der Waals surface area contributed by atoms with E-state index in [1.807, 2.05) is 0 Å². The van der Waals surface area contributed by atoms with Gasteiger partial charge in [-0.05, 0) is 52.0 Å². The number of piperidine rings is 1. The Hall–Kier alpha value is -0.450. The predicted octanol–water partition coefficient (Wildman–Crippen LogP) is 2.00. The summed E-state index contributed by atoms with van der Waals surface area (Å²) in [5, 5.41) is 7.37. The second kappa shape index (κ2) is 5.29. The lowest BCUT2D eigenvalue weighted by atomic mass is 9.80. The van der Waals surface area contributed by atoms with Crippen molar-refractivity contribution >= 4 is 5.78 Å². The van der Waals surface area contributed by atoms with Gasteiger partial charge in [-0.2, -0.15) is 0 Å². The summed E-state index contributed by atoms with van der Waals surface area (Å²) in [5.74, 6) is 1.76. The summed E-state index contributed by atoms with van der Waals surface area (Å²) in [7, 11) is 0. The molecule has 0 bridgehead atoms. The smallest absolute Gasteiger partial charge is 0.155 e. The average molecular weight is 307 g/mol. The summed E-state index contributed by atoms with van der Waals surface area (Å²) < 4.78 is 0. The molecule has 0 saturated carbocycles. The Labute approximate surface area is 135 Å². The third kappa shape index (κ3) is 2.63. The number of carbonyl (C=O) groups is 1. The zero-order valence-electron chi connectivity index (χ0n) is 15.1. The van der Waals surface area contributed by atoms with Gasteiger partial charge in [0.2, 0.25) is 0 Å². The normalized spacial score (nSPS) is 39.6. The number of hydrogen-bond donors (Lipinski definition) is 2.